The van der Waals surface area contributed by atoms with Gasteiger partial charge >= 0.3 is 0 Å². The summed E-state index contributed by atoms with van der Waals surface area (Å²) in [5.74, 6) is 1.36. The van der Waals surface area contributed by atoms with E-state index < -0.39 is 0 Å². The molecule has 2 rings (SSSR count). The van der Waals surface area contributed by atoms with E-state index >= 15 is 0 Å². The minimum absolute atomic E-state index is 0.408. The maximum absolute atomic E-state index is 4.50. The lowest BCUT2D eigenvalue weighted by molar-refractivity contribution is 0.778. The molecular weight excluding hydrogens is 180 g/mol. The van der Waals surface area contributed by atoms with Crippen molar-refractivity contribution in [2.24, 2.45) is 0 Å². The molecule has 13 heavy (non-hydrogen) atoms. The van der Waals surface area contributed by atoms with Crippen molar-refractivity contribution in [3.05, 3.63) is 23.0 Å². The molecule has 0 bridgehead atoms. The number of hydrogen-bond donors (Lipinski definition) is 0. The Balaban J connectivity index is 2.70. The fourth-order valence-electron chi connectivity index (χ4n) is 1.28. The van der Waals surface area contributed by atoms with E-state index in [1.807, 2.05) is 6.92 Å². The highest BCUT2D eigenvalue weighted by atomic mass is 32.1. The Labute approximate surface area is 81.7 Å². The van der Waals surface area contributed by atoms with Gasteiger partial charge in [0, 0.05) is 17.0 Å². The van der Waals surface area contributed by atoms with Crippen LogP contribution in [0.4, 0.5) is 0 Å². The van der Waals surface area contributed by atoms with Crippen LogP contribution in [0, 0.1) is 6.92 Å². The highest BCUT2D eigenvalue weighted by Gasteiger charge is 2.07. The van der Waals surface area contributed by atoms with E-state index in [4.69, 9.17) is 0 Å². The topological polar surface area (TPSA) is 25.8 Å². The maximum Gasteiger partial charge on any atom is 0.132 e. The molecule has 0 saturated carbocycles. The lowest BCUT2D eigenvalue weighted by Gasteiger charge is -2.04. The van der Waals surface area contributed by atoms with Crippen LogP contribution in [0.3, 0.4) is 0 Å². The number of nitrogens with zero attached hydrogens (tertiary/aromatic N) is 2. The quantitative estimate of drug-likeness (QED) is 0.693. The molecule has 0 amide bonds. The predicted molar refractivity (Wildman–Crippen MR) is 56.2 cm³/mol. The molecule has 0 radical (unpaired) electrons. The minimum Gasteiger partial charge on any atom is -0.237 e. The first-order chi connectivity index (χ1) is 6.18. The highest BCUT2D eigenvalue weighted by Crippen LogP contribution is 2.22. The van der Waals surface area contributed by atoms with E-state index in [1.54, 1.807) is 11.3 Å². The van der Waals surface area contributed by atoms with Crippen LogP contribution in [0.25, 0.3) is 10.2 Å². The minimum atomic E-state index is 0.408. The fourth-order valence-corrected chi connectivity index (χ4v) is 2.10. The molecule has 2 nitrogen and oxygen atoms in total. The van der Waals surface area contributed by atoms with Crippen LogP contribution in [0.1, 0.15) is 31.3 Å². The van der Waals surface area contributed by atoms with Gasteiger partial charge in [-0.15, -0.1) is 11.3 Å². The molecule has 0 aliphatic carbocycles. The predicted octanol–water partition coefficient (Wildman–Crippen LogP) is 3.12. The van der Waals surface area contributed by atoms with E-state index in [1.165, 1.54) is 5.39 Å². The van der Waals surface area contributed by atoms with Gasteiger partial charge < -0.3 is 0 Å². The summed E-state index contributed by atoms with van der Waals surface area (Å²) in [5.41, 5.74) is 1.09. The molecule has 0 spiro atoms. The molecule has 0 fully saturated rings. The summed E-state index contributed by atoms with van der Waals surface area (Å²) in [6, 6.07) is 2.08. The normalized spacial score (nSPS) is 11.4. The molecule has 0 atom stereocenters. The van der Waals surface area contributed by atoms with Crippen LogP contribution >= 0.6 is 11.3 Å². The molecule has 68 valence electrons. The van der Waals surface area contributed by atoms with E-state index in [-0.39, 0.29) is 0 Å². The first-order valence-corrected chi connectivity index (χ1v) is 5.28. The Morgan fingerprint density at radius 3 is 2.77 bits per heavy atom. The molecule has 0 N–H and O–H groups in total. The van der Waals surface area contributed by atoms with Gasteiger partial charge in [0.1, 0.15) is 10.7 Å². The first kappa shape index (κ1) is 8.63. The third-order valence-electron chi connectivity index (χ3n) is 2.05. The van der Waals surface area contributed by atoms with Crippen molar-refractivity contribution >= 4 is 21.6 Å². The third kappa shape index (κ3) is 1.44. The molecule has 3 heteroatoms. The van der Waals surface area contributed by atoms with E-state index in [9.17, 15) is 0 Å². The van der Waals surface area contributed by atoms with Gasteiger partial charge in [-0.05, 0) is 18.4 Å². The average Bonchev–Trinajstić information content (AvgIpc) is 2.51. The van der Waals surface area contributed by atoms with Crippen LogP contribution in [0.15, 0.2) is 11.4 Å². The van der Waals surface area contributed by atoms with Crippen LogP contribution in [0.5, 0.6) is 0 Å². The van der Waals surface area contributed by atoms with Crippen LogP contribution in [-0.4, -0.2) is 9.97 Å². The largest absolute Gasteiger partial charge is 0.237 e. The first-order valence-electron chi connectivity index (χ1n) is 4.40. The summed E-state index contributed by atoms with van der Waals surface area (Å²) in [5, 5.41) is 3.26. The summed E-state index contributed by atoms with van der Waals surface area (Å²) in [6.45, 7) is 6.28. The standard InChI is InChI=1S/C10H12N2S/c1-6(2)9-11-7(3)8-4-5-13-10(8)12-9/h4-6H,1-3H3. The highest BCUT2D eigenvalue weighted by molar-refractivity contribution is 7.16. The van der Waals surface area contributed by atoms with Gasteiger partial charge in [0.2, 0.25) is 0 Å². The number of aromatic nitrogens is 2. The average molecular weight is 192 g/mol. The van der Waals surface area contributed by atoms with Gasteiger partial charge in [-0.25, -0.2) is 9.97 Å². The van der Waals surface area contributed by atoms with Gasteiger partial charge in [0.05, 0.1) is 0 Å². The van der Waals surface area contributed by atoms with E-state index in [0.29, 0.717) is 5.92 Å². The van der Waals surface area contributed by atoms with Gasteiger partial charge in [0.15, 0.2) is 0 Å². The molecule has 0 saturated heterocycles. The smallest absolute Gasteiger partial charge is 0.132 e. The molecule has 0 aromatic carbocycles. The zero-order valence-electron chi connectivity index (χ0n) is 8.03. The van der Waals surface area contributed by atoms with Gasteiger partial charge in [-0.1, -0.05) is 13.8 Å². The lowest BCUT2D eigenvalue weighted by atomic mass is 10.2. The molecule has 2 aromatic heterocycles. The van der Waals surface area contributed by atoms with Crippen molar-refractivity contribution in [1.82, 2.24) is 9.97 Å². The Morgan fingerprint density at radius 2 is 2.08 bits per heavy atom. The summed E-state index contributed by atoms with van der Waals surface area (Å²) >= 11 is 1.68. The van der Waals surface area contributed by atoms with Crippen LogP contribution < -0.4 is 0 Å². The second-order valence-electron chi connectivity index (χ2n) is 3.46. The molecule has 0 aliphatic rings. The van der Waals surface area contributed by atoms with Crippen molar-refractivity contribution in [2.75, 3.05) is 0 Å². The summed E-state index contributed by atoms with van der Waals surface area (Å²) in [4.78, 5) is 10.1. The fraction of sp³-hybridized carbons (Fsp3) is 0.400. The summed E-state index contributed by atoms with van der Waals surface area (Å²) in [7, 11) is 0. The van der Waals surface area contributed by atoms with Crippen LogP contribution in [0.2, 0.25) is 0 Å². The Hall–Kier alpha value is -0.960. The van der Waals surface area contributed by atoms with E-state index in [0.717, 1.165) is 16.3 Å². The number of fused-ring (bicyclic) bond motifs is 1. The van der Waals surface area contributed by atoms with Gasteiger partial charge in [-0.3, -0.25) is 0 Å². The second-order valence-corrected chi connectivity index (χ2v) is 4.36. The Kier molecular flexibility index (Phi) is 2.04. The monoisotopic (exact) mass is 192 g/mol. The number of thiophene rings is 1. The molecular formula is C10H12N2S. The van der Waals surface area contributed by atoms with Gasteiger partial charge in [-0.2, -0.15) is 0 Å². The third-order valence-corrected chi connectivity index (χ3v) is 2.86. The number of rotatable bonds is 1. The van der Waals surface area contributed by atoms with Crippen molar-refractivity contribution in [3.63, 3.8) is 0 Å². The maximum atomic E-state index is 4.50. The van der Waals surface area contributed by atoms with Crippen molar-refractivity contribution in [1.29, 1.82) is 0 Å². The van der Waals surface area contributed by atoms with Crippen molar-refractivity contribution in [2.45, 2.75) is 26.7 Å². The SMILES string of the molecule is Cc1nc(C(C)C)nc2sccc12. The molecule has 2 aromatic rings. The zero-order chi connectivity index (χ0) is 9.42. The second kappa shape index (κ2) is 3.07. The summed E-state index contributed by atoms with van der Waals surface area (Å²) < 4.78 is 0. The Bertz CT molecular complexity index is 431. The Morgan fingerprint density at radius 1 is 1.31 bits per heavy atom. The van der Waals surface area contributed by atoms with Crippen molar-refractivity contribution in [3.8, 4) is 0 Å². The van der Waals surface area contributed by atoms with Crippen LogP contribution in [-0.2, 0) is 0 Å². The molecule has 0 unspecified atom stereocenters. The van der Waals surface area contributed by atoms with Gasteiger partial charge in [0.25, 0.3) is 0 Å². The number of aryl methyl sites for hydroxylation is 1. The zero-order valence-corrected chi connectivity index (χ0v) is 8.85. The van der Waals surface area contributed by atoms with Crippen molar-refractivity contribution < 1.29 is 0 Å². The summed E-state index contributed by atoms with van der Waals surface area (Å²) in [6.07, 6.45) is 0. The molecule has 0 aliphatic heterocycles. The van der Waals surface area contributed by atoms with E-state index in [2.05, 4.69) is 35.3 Å². The molecule has 2 heterocycles. The lowest BCUT2D eigenvalue weighted by Crippen LogP contribution is -1.98. The number of hydrogen-bond acceptors (Lipinski definition) is 3.